The third kappa shape index (κ3) is 6.04. The highest BCUT2D eigenvalue weighted by molar-refractivity contribution is 6.30. The van der Waals surface area contributed by atoms with E-state index in [4.69, 9.17) is 16.3 Å². The molecule has 0 spiro atoms. The van der Waals surface area contributed by atoms with Gasteiger partial charge < -0.3 is 14.5 Å². The second-order valence-electron chi connectivity index (χ2n) is 5.98. The van der Waals surface area contributed by atoms with Gasteiger partial charge in [-0.1, -0.05) is 37.6 Å². The number of ether oxygens (including phenoxy) is 1. The van der Waals surface area contributed by atoms with Crippen LogP contribution < -0.4 is 0 Å². The number of halogens is 1. The van der Waals surface area contributed by atoms with Crippen molar-refractivity contribution in [3.8, 4) is 0 Å². The molecule has 1 fully saturated rings. The number of carbonyl (C=O) groups is 1. The standard InChI is InChI=1S/C18H27ClN2O2/c1-3-20(4-2)12-5-13-23-18(22)21(17-10-11-17)14-15-6-8-16(19)9-7-15/h6-9,17H,3-5,10-14H2,1-2H3. The van der Waals surface area contributed by atoms with Gasteiger partial charge in [0, 0.05) is 24.2 Å². The number of carbonyl (C=O) groups excluding carboxylic acids is 1. The number of nitrogens with zero attached hydrogens (tertiary/aromatic N) is 2. The molecule has 1 saturated carbocycles. The number of amides is 1. The van der Waals surface area contributed by atoms with Crippen molar-refractivity contribution in [1.82, 2.24) is 9.80 Å². The highest BCUT2D eigenvalue weighted by Gasteiger charge is 2.33. The van der Waals surface area contributed by atoms with Gasteiger partial charge in [0.15, 0.2) is 0 Å². The minimum absolute atomic E-state index is 0.193. The van der Waals surface area contributed by atoms with Crippen molar-refractivity contribution in [3.63, 3.8) is 0 Å². The molecule has 128 valence electrons. The average Bonchev–Trinajstić information content (AvgIpc) is 3.39. The van der Waals surface area contributed by atoms with Crippen LogP contribution in [-0.2, 0) is 11.3 Å². The van der Waals surface area contributed by atoms with E-state index in [2.05, 4.69) is 18.7 Å². The molecule has 0 atom stereocenters. The molecule has 0 aliphatic heterocycles. The SMILES string of the molecule is CCN(CC)CCCOC(=O)N(Cc1ccc(Cl)cc1)C1CC1. The van der Waals surface area contributed by atoms with Crippen molar-refractivity contribution < 1.29 is 9.53 Å². The number of benzene rings is 1. The molecular formula is C18H27ClN2O2. The molecule has 0 radical (unpaired) electrons. The highest BCUT2D eigenvalue weighted by Crippen LogP contribution is 2.29. The highest BCUT2D eigenvalue weighted by atomic mass is 35.5. The summed E-state index contributed by atoms with van der Waals surface area (Å²) < 4.78 is 5.48. The van der Waals surface area contributed by atoms with E-state index >= 15 is 0 Å². The fourth-order valence-electron chi connectivity index (χ4n) is 2.59. The van der Waals surface area contributed by atoms with Crippen LogP contribution in [0.4, 0.5) is 4.79 Å². The van der Waals surface area contributed by atoms with E-state index in [0.29, 0.717) is 24.2 Å². The van der Waals surface area contributed by atoms with Crippen LogP contribution in [0.2, 0.25) is 5.02 Å². The zero-order valence-electron chi connectivity index (χ0n) is 14.1. The van der Waals surface area contributed by atoms with Crippen LogP contribution in [0.25, 0.3) is 0 Å². The van der Waals surface area contributed by atoms with E-state index in [1.165, 1.54) is 0 Å². The zero-order chi connectivity index (χ0) is 16.7. The summed E-state index contributed by atoms with van der Waals surface area (Å²) in [5, 5.41) is 0.714. The molecule has 1 aromatic rings. The van der Waals surface area contributed by atoms with Crippen LogP contribution >= 0.6 is 11.6 Å². The fourth-order valence-corrected chi connectivity index (χ4v) is 2.71. The van der Waals surface area contributed by atoms with E-state index in [1.54, 1.807) is 0 Å². The molecule has 4 nitrogen and oxygen atoms in total. The van der Waals surface area contributed by atoms with E-state index < -0.39 is 0 Å². The summed E-state index contributed by atoms with van der Waals surface area (Å²) in [4.78, 5) is 16.5. The third-order valence-electron chi connectivity index (χ3n) is 4.23. The van der Waals surface area contributed by atoms with Crippen LogP contribution in [0.5, 0.6) is 0 Å². The molecule has 0 bridgehead atoms. The number of rotatable bonds is 9. The van der Waals surface area contributed by atoms with Crippen LogP contribution in [0.3, 0.4) is 0 Å². The first-order valence-electron chi connectivity index (χ1n) is 8.54. The Kier molecular flexibility index (Phi) is 7.18. The maximum Gasteiger partial charge on any atom is 0.410 e. The van der Waals surface area contributed by atoms with Gasteiger partial charge in [0.05, 0.1) is 6.61 Å². The first-order valence-corrected chi connectivity index (χ1v) is 8.92. The lowest BCUT2D eigenvalue weighted by Gasteiger charge is -2.23. The predicted molar refractivity (Wildman–Crippen MR) is 93.8 cm³/mol. The summed E-state index contributed by atoms with van der Waals surface area (Å²) in [5.74, 6) is 0. The zero-order valence-corrected chi connectivity index (χ0v) is 14.9. The molecule has 0 saturated heterocycles. The normalized spacial score (nSPS) is 14.1. The molecule has 1 aliphatic rings. The van der Waals surface area contributed by atoms with Gasteiger partial charge >= 0.3 is 6.09 Å². The maximum absolute atomic E-state index is 12.3. The Morgan fingerprint density at radius 2 is 1.87 bits per heavy atom. The molecule has 1 aromatic carbocycles. The summed E-state index contributed by atoms with van der Waals surface area (Å²) in [6.07, 6.45) is 2.83. The summed E-state index contributed by atoms with van der Waals surface area (Å²) in [7, 11) is 0. The maximum atomic E-state index is 12.3. The third-order valence-corrected chi connectivity index (χ3v) is 4.48. The number of hydrogen-bond acceptors (Lipinski definition) is 3. The Balaban J connectivity index is 1.78. The van der Waals surface area contributed by atoms with Crippen molar-refractivity contribution in [2.45, 2.75) is 45.7 Å². The minimum Gasteiger partial charge on any atom is -0.449 e. The minimum atomic E-state index is -0.193. The van der Waals surface area contributed by atoms with Gasteiger partial charge in [-0.3, -0.25) is 0 Å². The van der Waals surface area contributed by atoms with E-state index in [9.17, 15) is 4.79 Å². The second kappa shape index (κ2) is 9.14. The molecule has 1 aliphatic carbocycles. The van der Waals surface area contributed by atoms with Crippen LogP contribution in [0.1, 0.15) is 38.7 Å². The second-order valence-corrected chi connectivity index (χ2v) is 6.42. The van der Waals surface area contributed by atoms with Crippen molar-refractivity contribution in [1.29, 1.82) is 0 Å². The van der Waals surface area contributed by atoms with Crippen molar-refractivity contribution in [2.75, 3.05) is 26.2 Å². The lowest BCUT2D eigenvalue weighted by atomic mass is 10.2. The molecule has 23 heavy (non-hydrogen) atoms. The van der Waals surface area contributed by atoms with Crippen molar-refractivity contribution >= 4 is 17.7 Å². The van der Waals surface area contributed by atoms with Crippen LogP contribution in [0, 0.1) is 0 Å². The van der Waals surface area contributed by atoms with Gasteiger partial charge in [0.25, 0.3) is 0 Å². The average molecular weight is 339 g/mol. The molecule has 0 N–H and O–H groups in total. The van der Waals surface area contributed by atoms with Gasteiger partial charge in [-0.05, 0) is 50.0 Å². The van der Waals surface area contributed by atoms with Gasteiger partial charge in [0.2, 0.25) is 0 Å². The predicted octanol–water partition coefficient (Wildman–Crippen LogP) is 4.17. The van der Waals surface area contributed by atoms with Crippen molar-refractivity contribution in [3.05, 3.63) is 34.9 Å². The Bertz CT molecular complexity index is 484. The lowest BCUT2D eigenvalue weighted by Crippen LogP contribution is -2.34. The Hall–Kier alpha value is -1.26. The quantitative estimate of drug-likeness (QED) is 0.633. The van der Waals surface area contributed by atoms with Gasteiger partial charge in [-0.2, -0.15) is 0 Å². The molecule has 1 amide bonds. The molecule has 2 rings (SSSR count). The Morgan fingerprint density at radius 1 is 1.22 bits per heavy atom. The molecule has 0 heterocycles. The van der Waals surface area contributed by atoms with E-state index in [-0.39, 0.29) is 6.09 Å². The molecular weight excluding hydrogens is 312 g/mol. The molecule has 0 unspecified atom stereocenters. The monoisotopic (exact) mass is 338 g/mol. The van der Waals surface area contributed by atoms with E-state index in [1.807, 2.05) is 29.2 Å². The van der Waals surface area contributed by atoms with Crippen LogP contribution in [-0.4, -0.2) is 48.2 Å². The first-order chi connectivity index (χ1) is 11.1. The molecule has 5 heteroatoms. The van der Waals surface area contributed by atoms with Crippen molar-refractivity contribution in [2.24, 2.45) is 0 Å². The topological polar surface area (TPSA) is 32.8 Å². The number of hydrogen-bond donors (Lipinski definition) is 0. The summed E-state index contributed by atoms with van der Waals surface area (Å²) in [5.41, 5.74) is 1.08. The first kappa shape index (κ1) is 18.1. The lowest BCUT2D eigenvalue weighted by molar-refractivity contribution is 0.0928. The van der Waals surface area contributed by atoms with E-state index in [0.717, 1.165) is 44.5 Å². The summed E-state index contributed by atoms with van der Waals surface area (Å²) in [6.45, 7) is 8.42. The summed E-state index contributed by atoms with van der Waals surface area (Å²) >= 11 is 5.91. The van der Waals surface area contributed by atoms with Crippen LogP contribution in [0.15, 0.2) is 24.3 Å². The summed E-state index contributed by atoms with van der Waals surface area (Å²) in [6, 6.07) is 7.98. The van der Waals surface area contributed by atoms with Gasteiger partial charge in [-0.15, -0.1) is 0 Å². The smallest absolute Gasteiger partial charge is 0.410 e. The largest absolute Gasteiger partial charge is 0.449 e. The molecule has 0 aromatic heterocycles. The van der Waals surface area contributed by atoms with Gasteiger partial charge in [0.1, 0.15) is 0 Å². The fraction of sp³-hybridized carbons (Fsp3) is 0.611. The van der Waals surface area contributed by atoms with Gasteiger partial charge in [-0.25, -0.2) is 4.79 Å². The Morgan fingerprint density at radius 3 is 2.43 bits per heavy atom. The Labute approximate surface area is 144 Å².